The Morgan fingerprint density at radius 1 is 0.889 bits per heavy atom. The van der Waals surface area contributed by atoms with E-state index in [1.54, 1.807) is 6.21 Å². The third-order valence-electron chi connectivity index (χ3n) is 3.26. The van der Waals surface area contributed by atoms with Crippen molar-refractivity contribution >= 4 is 11.9 Å². The average molecular weight is 239 g/mol. The van der Waals surface area contributed by atoms with Crippen molar-refractivity contribution in [2.24, 2.45) is 0 Å². The summed E-state index contributed by atoms with van der Waals surface area (Å²) in [6.45, 7) is 6.13. The molecule has 2 nitrogen and oxygen atoms in total. The second-order valence-electron chi connectivity index (χ2n) is 4.53. The summed E-state index contributed by atoms with van der Waals surface area (Å²) in [6.07, 6.45) is 1.66. The van der Waals surface area contributed by atoms with Crippen LogP contribution in [0.5, 0.6) is 0 Å². The highest BCUT2D eigenvalue weighted by Crippen LogP contribution is 2.17. The molecule has 92 valence electrons. The molecule has 0 fully saturated rings. The van der Waals surface area contributed by atoms with E-state index in [0.717, 1.165) is 21.4 Å². The van der Waals surface area contributed by atoms with E-state index in [1.807, 2.05) is 50.2 Å². The smallest absolute Gasteiger partial charge is 0.216 e. The molecule has 0 aliphatic heterocycles. The SMILES string of the molecule is Cc1ccc(C)c(C=[N+]([O-])c2ccccc2)c1C. The van der Waals surface area contributed by atoms with Gasteiger partial charge in [0.05, 0.1) is 0 Å². The molecule has 0 spiro atoms. The minimum Gasteiger partial charge on any atom is -0.618 e. The number of hydrogen-bond donors (Lipinski definition) is 0. The molecule has 0 aliphatic rings. The molecule has 0 saturated carbocycles. The second-order valence-corrected chi connectivity index (χ2v) is 4.53. The zero-order valence-electron chi connectivity index (χ0n) is 11.0. The van der Waals surface area contributed by atoms with Gasteiger partial charge in [-0.3, -0.25) is 0 Å². The van der Waals surface area contributed by atoms with Crippen LogP contribution in [0.1, 0.15) is 22.3 Å². The largest absolute Gasteiger partial charge is 0.618 e. The maximum Gasteiger partial charge on any atom is 0.216 e. The summed E-state index contributed by atoms with van der Waals surface area (Å²) in [5, 5.41) is 12.1. The topological polar surface area (TPSA) is 26.1 Å². The molecule has 0 atom stereocenters. The van der Waals surface area contributed by atoms with Crippen LogP contribution in [-0.2, 0) is 0 Å². The van der Waals surface area contributed by atoms with Gasteiger partial charge >= 0.3 is 0 Å². The third-order valence-corrected chi connectivity index (χ3v) is 3.26. The molecule has 2 aromatic carbocycles. The van der Waals surface area contributed by atoms with Gasteiger partial charge < -0.3 is 5.21 Å². The van der Waals surface area contributed by atoms with E-state index < -0.39 is 0 Å². The van der Waals surface area contributed by atoms with Gasteiger partial charge in [-0.05, 0) is 37.5 Å². The molecule has 0 saturated heterocycles. The highest BCUT2D eigenvalue weighted by Gasteiger charge is 2.07. The van der Waals surface area contributed by atoms with Gasteiger partial charge in [0, 0.05) is 17.7 Å². The summed E-state index contributed by atoms with van der Waals surface area (Å²) < 4.78 is 0.925. The quantitative estimate of drug-likeness (QED) is 0.338. The molecule has 0 unspecified atom stereocenters. The Kier molecular flexibility index (Phi) is 3.47. The highest BCUT2D eigenvalue weighted by molar-refractivity contribution is 5.81. The van der Waals surface area contributed by atoms with Gasteiger partial charge in [-0.25, -0.2) is 0 Å². The maximum atomic E-state index is 12.1. The fourth-order valence-corrected chi connectivity index (χ4v) is 1.94. The van der Waals surface area contributed by atoms with Crippen molar-refractivity contribution in [1.29, 1.82) is 0 Å². The molecular formula is C16H17NO. The van der Waals surface area contributed by atoms with Crippen molar-refractivity contribution in [3.05, 3.63) is 69.9 Å². The molecule has 2 aromatic rings. The summed E-state index contributed by atoms with van der Waals surface area (Å²) in [7, 11) is 0. The molecule has 0 N–H and O–H groups in total. The van der Waals surface area contributed by atoms with E-state index in [2.05, 4.69) is 13.0 Å². The Morgan fingerprint density at radius 2 is 1.50 bits per heavy atom. The summed E-state index contributed by atoms with van der Waals surface area (Å²) in [5.41, 5.74) is 5.14. The van der Waals surface area contributed by atoms with Crippen molar-refractivity contribution in [1.82, 2.24) is 0 Å². The number of nitrogens with zero attached hydrogens (tertiary/aromatic N) is 1. The predicted molar refractivity (Wildman–Crippen MR) is 75.5 cm³/mol. The molecule has 0 radical (unpaired) electrons. The first-order chi connectivity index (χ1) is 8.59. The van der Waals surface area contributed by atoms with Crippen molar-refractivity contribution in [2.45, 2.75) is 20.8 Å². The summed E-state index contributed by atoms with van der Waals surface area (Å²) in [5.74, 6) is 0. The Hall–Kier alpha value is -2.09. The summed E-state index contributed by atoms with van der Waals surface area (Å²) >= 11 is 0. The maximum absolute atomic E-state index is 12.1. The number of rotatable bonds is 2. The van der Waals surface area contributed by atoms with E-state index in [-0.39, 0.29) is 0 Å². The van der Waals surface area contributed by atoms with Gasteiger partial charge in [0.15, 0.2) is 6.21 Å². The molecule has 2 rings (SSSR count). The van der Waals surface area contributed by atoms with E-state index in [1.165, 1.54) is 5.56 Å². The lowest BCUT2D eigenvalue weighted by Crippen LogP contribution is -2.03. The predicted octanol–water partition coefficient (Wildman–Crippen LogP) is 3.87. The lowest BCUT2D eigenvalue weighted by molar-refractivity contribution is -0.354. The summed E-state index contributed by atoms with van der Waals surface area (Å²) in [4.78, 5) is 0. The van der Waals surface area contributed by atoms with E-state index in [9.17, 15) is 5.21 Å². The normalized spacial score (nSPS) is 11.6. The van der Waals surface area contributed by atoms with Crippen LogP contribution in [0, 0.1) is 26.0 Å². The van der Waals surface area contributed by atoms with Crippen LogP contribution in [0.4, 0.5) is 5.69 Å². The number of benzene rings is 2. The summed E-state index contributed by atoms with van der Waals surface area (Å²) in [6, 6.07) is 13.4. The zero-order valence-corrected chi connectivity index (χ0v) is 11.0. The Morgan fingerprint density at radius 3 is 2.17 bits per heavy atom. The van der Waals surface area contributed by atoms with Crippen molar-refractivity contribution in [3.8, 4) is 0 Å². The third kappa shape index (κ3) is 2.43. The van der Waals surface area contributed by atoms with Gasteiger partial charge in [-0.1, -0.05) is 30.3 Å². The standard InChI is InChI=1S/C16H17NO/c1-12-9-10-13(2)16(14(12)3)11-17(18)15-7-5-4-6-8-15/h4-11H,1-3H3. The van der Waals surface area contributed by atoms with Crippen LogP contribution in [0.25, 0.3) is 0 Å². The lowest BCUT2D eigenvalue weighted by Gasteiger charge is -2.08. The van der Waals surface area contributed by atoms with Gasteiger partial charge in [0.1, 0.15) is 0 Å². The van der Waals surface area contributed by atoms with Crippen molar-refractivity contribution in [2.75, 3.05) is 0 Å². The first-order valence-electron chi connectivity index (χ1n) is 6.02. The molecule has 0 bridgehead atoms. The van der Waals surface area contributed by atoms with E-state index in [0.29, 0.717) is 5.69 Å². The van der Waals surface area contributed by atoms with Crippen LogP contribution >= 0.6 is 0 Å². The van der Waals surface area contributed by atoms with Gasteiger partial charge in [-0.15, -0.1) is 0 Å². The number of para-hydroxylation sites is 1. The molecule has 0 amide bonds. The van der Waals surface area contributed by atoms with Gasteiger partial charge in [0.25, 0.3) is 0 Å². The van der Waals surface area contributed by atoms with E-state index >= 15 is 0 Å². The Bertz CT molecular complexity index is 586. The first kappa shape index (κ1) is 12.4. The monoisotopic (exact) mass is 239 g/mol. The molecular weight excluding hydrogens is 222 g/mol. The molecule has 0 aliphatic carbocycles. The van der Waals surface area contributed by atoms with Gasteiger partial charge in [0.2, 0.25) is 5.69 Å². The van der Waals surface area contributed by atoms with Crippen LogP contribution in [0.3, 0.4) is 0 Å². The molecule has 0 aromatic heterocycles. The van der Waals surface area contributed by atoms with Crippen molar-refractivity contribution in [3.63, 3.8) is 0 Å². The lowest BCUT2D eigenvalue weighted by atomic mass is 9.99. The van der Waals surface area contributed by atoms with E-state index in [4.69, 9.17) is 0 Å². The first-order valence-corrected chi connectivity index (χ1v) is 6.02. The molecule has 0 heterocycles. The average Bonchev–Trinajstić information content (AvgIpc) is 2.40. The molecule has 18 heavy (non-hydrogen) atoms. The minimum atomic E-state index is 0.651. The zero-order chi connectivity index (χ0) is 13.1. The Labute approximate surface area is 108 Å². The van der Waals surface area contributed by atoms with Crippen LogP contribution < -0.4 is 0 Å². The fourth-order valence-electron chi connectivity index (χ4n) is 1.94. The highest BCUT2D eigenvalue weighted by atomic mass is 16.5. The Balaban J connectivity index is 2.49. The van der Waals surface area contributed by atoms with Crippen LogP contribution in [0.2, 0.25) is 0 Å². The van der Waals surface area contributed by atoms with Crippen molar-refractivity contribution < 1.29 is 4.74 Å². The van der Waals surface area contributed by atoms with Gasteiger partial charge in [-0.2, -0.15) is 4.74 Å². The fraction of sp³-hybridized carbons (Fsp3) is 0.188. The van der Waals surface area contributed by atoms with Crippen LogP contribution in [-0.4, -0.2) is 11.0 Å². The van der Waals surface area contributed by atoms with Crippen LogP contribution in [0.15, 0.2) is 42.5 Å². The second kappa shape index (κ2) is 5.05. The number of aryl methyl sites for hydroxylation is 2. The minimum absolute atomic E-state index is 0.651. The number of hydrogen-bond acceptors (Lipinski definition) is 1. The molecule has 2 heteroatoms.